The van der Waals surface area contributed by atoms with Crippen LogP contribution in [-0.4, -0.2) is 26.0 Å². The number of fused-ring (bicyclic) bond motifs is 1. The van der Waals surface area contributed by atoms with Crippen molar-refractivity contribution in [3.63, 3.8) is 0 Å². The predicted molar refractivity (Wildman–Crippen MR) is 85.6 cm³/mol. The molecule has 1 heterocycles. The molecule has 5 nitrogen and oxygen atoms in total. The molecule has 1 aromatic rings. The summed E-state index contributed by atoms with van der Waals surface area (Å²) in [7, 11) is 0. The molecular formula is C16H21NO4S. The number of hydrogen-bond donors (Lipinski definition) is 0. The van der Waals surface area contributed by atoms with Crippen LogP contribution in [0, 0.1) is 0 Å². The monoisotopic (exact) mass is 323 g/mol. The molecule has 0 N–H and O–H groups in total. The molecule has 1 aliphatic rings. The largest absolute Gasteiger partial charge is 0.595 e. The van der Waals surface area contributed by atoms with Crippen LogP contribution in [0.15, 0.2) is 30.8 Å². The minimum Gasteiger partial charge on any atom is -0.595 e. The standard InChI is InChI=1S/C16H21NO4S/c1-11-14-9-7-6-8-13(14)10-20-15(11)17(21-12(2)18)22(19)16(3,4)5/h6-9,15H,1,10H2,2-5H3/t15-,22?/m0/s1. The molecule has 1 aromatic carbocycles. The van der Waals surface area contributed by atoms with Gasteiger partial charge in [-0.05, 0) is 31.9 Å². The zero-order valence-electron chi connectivity index (χ0n) is 13.3. The van der Waals surface area contributed by atoms with Crippen molar-refractivity contribution in [2.24, 2.45) is 0 Å². The van der Waals surface area contributed by atoms with E-state index in [0.29, 0.717) is 12.2 Å². The van der Waals surface area contributed by atoms with Gasteiger partial charge in [0.25, 0.3) is 0 Å². The van der Waals surface area contributed by atoms with E-state index >= 15 is 0 Å². The van der Waals surface area contributed by atoms with Crippen LogP contribution >= 0.6 is 0 Å². The number of hydroxylamine groups is 1. The van der Waals surface area contributed by atoms with E-state index in [1.165, 1.54) is 6.92 Å². The Morgan fingerprint density at radius 1 is 1.45 bits per heavy atom. The maximum Gasteiger partial charge on any atom is 0.327 e. The molecular weight excluding hydrogens is 302 g/mol. The van der Waals surface area contributed by atoms with Gasteiger partial charge in [-0.1, -0.05) is 30.8 Å². The van der Waals surface area contributed by atoms with Gasteiger partial charge >= 0.3 is 5.97 Å². The second kappa shape index (κ2) is 6.42. The lowest BCUT2D eigenvalue weighted by atomic mass is 9.98. The minimum absolute atomic E-state index is 0.346. The molecule has 0 radical (unpaired) electrons. The molecule has 0 spiro atoms. The van der Waals surface area contributed by atoms with Crippen LogP contribution in [-0.2, 0) is 32.3 Å². The quantitative estimate of drug-likeness (QED) is 0.632. The minimum atomic E-state index is -1.59. The summed E-state index contributed by atoms with van der Waals surface area (Å²) < 4.78 is 19.0. The van der Waals surface area contributed by atoms with Crippen LogP contribution in [0.25, 0.3) is 5.57 Å². The Morgan fingerprint density at radius 2 is 2.09 bits per heavy atom. The summed E-state index contributed by atoms with van der Waals surface area (Å²) in [5, 5.41) is 0. The predicted octanol–water partition coefficient (Wildman–Crippen LogP) is 2.80. The number of carbonyl (C=O) groups is 1. The summed E-state index contributed by atoms with van der Waals surface area (Å²) in [6, 6.07) is 7.71. The van der Waals surface area contributed by atoms with Crippen LogP contribution in [0.2, 0.25) is 0 Å². The first kappa shape index (κ1) is 17.0. The molecule has 0 saturated carbocycles. The number of rotatable bonds is 3. The molecule has 0 amide bonds. The third-order valence-electron chi connectivity index (χ3n) is 3.16. The van der Waals surface area contributed by atoms with Gasteiger partial charge in [0, 0.05) is 12.5 Å². The first-order chi connectivity index (χ1) is 10.2. The van der Waals surface area contributed by atoms with E-state index in [9.17, 15) is 9.35 Å². The molecule has 22 heavy (non-hydrogen) atoms. The lowest BCUT2D eigenvalue weighted by Gasteiger charge is -2.37. The lowest BCUT2D eigenvalue weighted by Crippen LogP contribution is -2.50. The van der Waals surface area contributed by atoms with E-state index in [0.717, 1.165) is 15.6 Å². The van der Waals surface area contributed by atoms with Gasteiger partial charge in [-0.2, -0.15) is 0 Å². The first-order valence-electron chi connectivity index (χ1n) is 7.00. The highest BCUT2D eigenvalue weighted by Crippen LogP contribution is 2.34. The third-order valence-corrected chi connectivity index (χ3v) is 4.80. The summed E-state index contributed by atoms with van der Waals surface area (Å²) in [5.74, 6) is -0.548. The maximum absolute atomic E-state index is 12.7. The molecule has 2 rings (SSSR count). The normalized spacial score (nSPS) is 19.7. The van der Waals surface area contributed by atoms with Crippen LogP contribution in [0.3, 0.4) is 0 Å². The van der Waals surface area contributed by atoms with Gasteiger partial charge in [0.15, 0.2) is 0 Å². The van der Waals surface area contributed by atoms with Crippen LogP contribution < -0.4 is 0 Å². The van der Waals surface area contributed by atoms with Gasteiger partial charge in [0.2, 0.25) is 6.23 Å². The van der Waals surface area contributed by atoms with E-state index in [1.807, 2.05) is 24.3 Å². The van der Waals surface area contributed by atoms with E-state index in [1.54, 1.807) is 20.8 Å². The molecule has 0 saturated heterocycles. The molecule has 0 bridgehead atoms. The Kier molecular flexibility index (Phi) is 4.97. The summed E-state index contributed by atoms with van der Waals surface area (Å²) in [6.45, 7) is 11.1. The van der Waals surface area contributed by atoms with Crippen molar-refractivity contribution in [3.05, 3.63) is 42.0 Å². The summed E-state index contributed by atoms with van der Waals surface area (Å²) in [5.41, 5.74) is 2.57. The summed E-state index contributed by atoms with van der Waals surface area (Å²) in [4.78, 5) is 16.6. The Bertz CT molecular complexity index is 582. The first-order valence-corrected chi connectivity index (χ1v) is 8.11. The fourth-order valence-electron chi connectivity index (χ4n) is 2.12. The van der Waals surface area contributed by atoms with E-state index in [4.69, 9.17) is 9.57 Å². The third kappa shape index (κ3) is 3.52. The number of benzene rings is 1. The smallest absolute Gasteiger partial charge is 0.327 e. The van der Waals surface area contributed by atoms with Crippen molar-refractivity contribution in [2.45, 2.75) is 45.3 Å². The number of carbonyl (C=O) groups excluding carboxylic acids is 1. The van der Waals surface area contributed by atoms with Gasteiger partial charge in [0.1, 0.15) is 4.75 Å². The maximum atomic E-state index is 12.7. The SMILES string of the molecule is C=C1c2ccccc2CO[C@@H]1N(OC(C)=O)[S+]([O-])C(C)(C)C. The molecule has 120 valence electrons. The van der Waals surface area contributed by atoms with Crippen molar-refractivity contribution >= 4 is 22.9 Å². The molecule has 0 aromatic heterocycles. The fourth-order valence-corrected chi connectivity index (χ4v) is 3.19. The molecule has 0 aliphatic carbocycles. The average molecular weight is 323 g/mol. The molecule has 1 aliphatic heterocycles. The number of ether oxygens (including phenoxy) is 1. The lowest BCUT2D eigenvalue weighted by molar-refractivity contribution is -0.193. The number of hydrogen-bond acceptors (Lipinski definition) is 5. The van der Waals surface area contributed by atoms with Gasteiger partial charge in [-0.15, -0.1) is 0 Å². The van der Waals surface area contributed by atoms with E-state index in [2.05, 4.69) is 6.58 Å². The number of nitrogens with zero attached hydrogens (tertiary/aromatic N) is 1. The highest BCUT2D eigenvalue weighted by Gasteiger charge is 2.44. The van der Waals surface area contributed by atoms with E-state index in [-0.39, 0.29) is 0 Å². The molecule has 1 unspecified atom stereocenters. The molecule has 0 fully saturated rings. The Balaban J connectivity index is 2.33. The van der Waals surface area contributed by atoms with Crippen LogP contribution in [0.5, 0.6) is 0 Å². The molecule has 6 heteroatoms. The second-order valence-corrected chi connectivity index (χ2v) is 8.16. The van der Waals surface area contributed by atoms with Gasteiger partial charge in [-0.25, -0.2) is 0 Å². The van der Waals surface area contributed by atoms with Gasteiger partial charge in [-0.3, -0.25) is 4.79 Å². The highest BCUT2D eigenvalue weighted by atomic mass is 32.2. The van der Waals surface area contributed by atoms with Crippen LogP contribution in [0.4, 0.5) is 0 Å². The van der Waals surface area contributed by atoms with Crippen molar-refractivity contribution in [3.8, 4) is 0 Å². The van der Waals surface area contributed by atoms with E-state index < -0.39 is 28.3 Å². The summed E-state index contributed by atoms with van der Waals surface area (Å²) >= 11 is -1.59. The zero-order chi connectivity index (χ0) is 16.5. The highest BCUT2D eigenvalue weighted by molar-refractivity contribution is 7.90. The Labute approximate surface area is 134 Å². The molecule has 2 atom stereocenters. The Hall–Kier alpha value is -1.34. The van der Waals surface area contributed by atoms with Crippen molar-refractivity contribution in [1.82, 2.24) is 4.47 Å². The van der Waals surface area contributed by atoms with Crippen LogP contribution in [0.1, 0.15) is 38.8 Å². The van der Waals surface area contributed by atoms with Gasteiger partial charge < -0.3 is 14.1 Å². The summed E-state index contributed by atoms with van der Waals surface area (Å²) in [6.07, 6.45) is -0.765. The van der Waals surface area contributed by atoms with Crippen molar-refractivity contribution < 1.29 is 18.9 Å². The second-order valence-electron chi connectivity index (χ2n) is 6.08. The zero-order valence-corrected chi connectivity index (χ0v) is 14.1. The van der Waals surface area contributed by atoms with Gasteiger partial charge in [0.05, 0.1) is 22.4 Å². The topological polar surface area (TPSA) is 61.8 Å². The van der Waals surface area contributed by atoms with Crippen molar-refractivity contribution in [2.75, 3.05) is 0 Å². The fraction of sp³-hybridized carbons (Fsp3) is 0.438. The van der Waals surface area contributed by atoms with Crippen molar-refractivity contribution in [1.29, 1.82) is 0 Å². The average Bonchev–Trinajstić information content (AvgIpc) is 2.44. The Morgan fingerprint density at radius 3 is 2.68 bits per heavy atom.